The highest BCUT2D eigenvalue weighted by Crippen LogP contribution is 2.16. The number of hydrogen-bond acceptors (Lipinski definition) is 3. The van der Waals surface area contributed by atoms with Crippen LogP contribution < -0.4 is 10.6 Å². The Morgan fingerprint density at radius 2 is 2.26 bits per heavy atom. The molecule has 1 aromatic heterocycles. The highest BCUT2D eigenvalue weighted by atomic mass is 16.5. The summed E-state index contributed by atoms with van der Waals surface area (Å²) >= 11 is 0. The standard InChI is InChI=1S/C20H24O3/c1-13(2)20(21)19-14(3)23-18-10-9-16(11-17(18)19)22-12-15-7-5-4-6-8-15/h4-5,7,10-11,13,16H,6,8-9,12H2,1-3H3. The number of carbonyl (C=O) groups is 1. The van der Waals surface area contributed by atoms with E-state index in [2.05, 4.69) is 24.3 Å². The van der Waals surface area contributed by atoms with E-state index in [4.69, 9.17) is 9.15 Å². The van der Waals surface area contributed by atoms with Crippen molar-refractivity contribution in [2.45, 2.75) is 46.1 Å². The van der Waals surface area contributed by atoms with Crippen molar-refractivity contribution in [2.24, 2.45) is 5.92 Å². The monoisotopic (exact) mass is 312 g/mol. The Morgan fingerprint density at radius 3 is 2.96 bits per heavy atom. The molecular formula is C20H24O3. The first kappa shape index (κ1) is 16.0. The maximum atomic E-state index is 12.5. The lowest BCUT2D eigenvalue weighted by molar-refractivity contribution is 0.0936. The molecule has 0 fully saturated rings. The van der Waals surface area contributed by atoms with Crippen LogP contribution in [0.15, 0.2) is 28.2 Å². The van der Waals surface area contributed by atoms with Gasteiger partial charge in [-0.3, -0.25) is 4.79 Å². The molecule has 1 unspecified atom stereocenters. The summed E-state index contributed by atoms with van der Waals surface area (Å²) in [4.78, 5) is 12.5. The summed E-state index contributed by atoms with van der Waals surface area (Å²) < 4.78 is 11.8. The van der Waals surface area contributed by atoms with Gasteiger partial charge in [-0.05, 0) is 43.9 Å². The van der Waals surface area contributed by atoms with E-state index in [1.165, 1.54) is 5.57 Å². The van der Waals surface area contributed by atoms with Crippen molar-refractivity contribution in [3.8, 4) is 0 Å². The lowest BCUT2D eigenvalue weighted by atomic mass is 9.98. The zero-order valence-electron chi connectivity index (χ0n) is 14.1. The van der Waals surface area contributed by atoms with Crippen LogP contribution in [0.5, 0.6) is 0 Å². The normalized spacial score (nSPS) is 19.8. The van der Waals surface area contributed by atoms with Crippen LogP contribution in [0.25, 0.3) is 12.2 Å². The van der Waals surface area contributed by atoms with Crippen molar-refractivity contribution in [3.63, 3.8) is 0 Å². The molecule has 2 aliphatic carbocycles. The second-order valence-electron chi connectivity index (χ2n) is 6.58. The predicted molar refractivity (Wildman–Crippen MR) is 91.6 cm³/mol. The van der Waals surface area contributed by atoms with Gasteiger partial charge in [0.05, 0.1) is 18.3 Å². The van der Waals surface area contributed by atoms with E-state index < -0.39 is 0 Å². The first-order valence-electron chi connectivity index (χ1n) is 8.38. The van der Waals surface area contributed by atoms with Crippen LogP contribution in [0, 0.1) is 12.8 Å². The Morgan fingerprint density at radius 1 is 1.43 bits per heavy atom. The molecule has 1 heterocycles. The molecule has 0 saturated carbocycles. The van der Waals surface area contributed by atoms with Crippen LogP contribution in [0.3, 0.4) is 0 Å². The Labute approximate surface area is 137 Å². The minimum atomic E-state index is -0.0377. The molecular weight excluding hydrogens is 288 g/mol. The first-order chi connectivity index (χ1) is 11.1. The van der Waals surface area contributed by atoms with E-state index in [9.17, 15) is 4.79 Å². The van der Waals surface area contributed by atoms with Gasteiger partial charge in [-0.25, -0.2) is 0 Å². The number of Topliss-reactive ketones (excluding diaryl/α,β-unsaturated/α-hetero) is 1. The van der Waals surface area contributed by atoms with Crippen molar-refractivity contribution in [1.82, 2.24) is 0 Å². The van der Waals surface area contributed by atoms with Crippen molar-refractivity contribution < 1.29 is 13.9 Å². The fourth-order valence-electron chi connectivity index (χ4n) is 3.08. The van der Waals surface area contributed by atoms with E-state index in [0.29, 0.717) is 12.4 Å². The number of fused-ring (bicyclic) bond motifs is 1. The molecule has 3 rings (SSSR count). The van der Waals surface area contributed by atoms with Crippen LogP contribution in [-0.4, -0.2) is 18.5 Å². The zero-order chi connectivity index (χ0) is 16.4. The Bertz CT molecular complexity index is 775. The average Bonchev–Trinajstić information content (AvgIpc) is 2.88. The molecule has 0 amide bonds. The molecule has 0 bridgehead atoms. The largest absolute Gasteiger partial charge is 0.461 e. The molecule has 23 heavy (non-hydrogen) atoms. The van der Waals surface area contributed by atoms with Crippen LogP contribution in [0.1, 0.15) is 49.2 Å². The van der Waals surface area contributed by atoms with E-state index >= 15 is 0 Å². The summed E-state index contributed by atoms with van der Waals surface area (Å²) in [7, 11) is 0. The molecule has 3 heteroatoms. The number of ketones is 1. The topological polar surface area (TPSA) is 39.4 Å². The predicted octanol–water partition coefficient (Wildman–Crippen LogP) is 3.05. The van der Waals surface area contributed by atoms with Crippen molar-refractivity contribution in [1.29, 1.82) is 0 Å². The highest BCUT2D eigenvalue weighted by molar-refractivity contribution is 5.98. The summed E-state index contributed by atoms with van der Waals surface area (Å²) in [6, 6.07) is 0. The van der Waals surface area contributed by atoms with Crippen LogP contribution in [0.4, 0.5) is 0 Å². The molecule has 122 valence electrons. The van der Waals surface area contributed by atoms with Gasteiger partial charge in [0.25, 0.3) is 0 Å². The van der Waals surface area contributed by atoms with Crippen molar-refractivity contribution >= 4 is 17.9 Å². The van der Waals surface area contributed by atoms with Gasteiger partial charge in [-0.2, -0.15) is 0 Å². The Hall–Kier alpha value is -1.87. The molecule has 0 aromatic carbocycles. The van der Waals surface area contributed by atoms with Gasteiger partial charge in [0.2, 0.25) is 0 Å². The van der Waals surface area contributed by atoms with Crippen LogP contribution in [-0.2, 0) is 4.74 Å². The van der Waals surface area contributed by atoms with E-state index in [-0.39, 0.29) is 17.8 Å². The SMILES string of the molecule is Cc1oc2c(c1C(=O)C(C)C)=CC(OCC1=CC=CCC1)CC=2. The maximum Gasteiger partial charge on any atom is 0.169 e. The van der Waals surface area contributed by atoms with Crippen LogP contribution >= 0.6 is 0 Å². The molecule has 3 nitrogen and oxygen atoms in total. The number of ether oxygens (including phenoxy) is 1. The molecule has 0 radical (unpaired) electrons. The highest BCUT2D eigenvalue weighted by Gasteiger charge is 2.21. The van der Waals surface area contributed by atoms with E-state index in [0.717, 1.165) is 35.5 Å². The Kier molecular flexibility index (Phi) is 4.67. The van der Waals surface area contributed by atoms with E-state index in [1.807, 2.05) is 26.8 Å². The molecule has 1 aromatic rings. The lowest BCUT2D eigenvalue weighted by Crippen LogP contribution is -2.33. The number of hydrogen-bond donors (Lipinski definition) is 0. The number of rotatable bonds is 5. The van der Waals surface area contributed by atoms with E-state index in [1.54, 1.807) is 0 Å². The summed E-state index contributed by atoms with van der Waals surface area (Å²) in [5.41, 5.74) is 2.86. The van der Waals surface area contributed by atoms with Crippen molar-refractivity contribution in [3.05, 3.63) is 45.8 Å². The zero-order valence-corrected chi connectivity index (χ0v) is 14.1. The third-order valence-electron chi connectivity index (χ3n) is 4.39. The minimum Gasteiger partial charge on any atom is -0.461 e. The lowest BCUT2D eigenvalue weighted by Gasteiger charge is -2.16. The van der Waals surface area contributed by atoms with Crippen molar-refractivity contribution in [2.75, 3.05) is 6.61 Å². The fourth-order valence-corrected chi connectivity index (χ4v) is 3.08. The smallest absolute Gasteiger partial charge is 0.169 e. The molecule has 0 N–H and O–H groups in total. The van der Waals surface area contributed by atoms with Gasteiger partial charge in [-0.1, -0.05) is 32.1 Å². The van der Waals surface area contributed by atoms with Gasteiger partial charge < -0.3 is 9.15 Å². The number of aryl methyl sites for hydroxylation is 1. The average molecular weight is 312 g/mol. The molecule has 0 saturated heterocycles. The second kappa shape index (κ2) is 6.71. The number of furan rings is 1. The van der Waals surface area contributed by atoms with Crippen LogP contribution in [0.2, 0.25) is 0 Å². The quantitative estimate of drug-likeness (QED) is 0.785. The third-order valence-corrected chi connectivity index (χ3v) is 4.39. The molecule has 1 atom stereocenters. The third kappa shape index (κ3) is 3.40. The Balaban J connectivity index is 1.83. The van der Waals surface area contributed by atoms with Gasteiger partial charge in [0.15, 0.2) is 5.78 Å². The van der Waals surface area contributed by atoms with Gasteiger partial charge in [0, 0.05) is 11.1 Å². The summed E-state index contributed by atoms with van der Waals surface area (Å²) in [6.07, 6.45) is 13.5. The van der Waals surface area contributed by atoms with Gasteiger partial charge in [0.1, 0.15) is 11.2 Å². The molecule has 2 aliphatic rings. The second-order valence-corrected chi connectivity index (χ2v) is 6.58. The molecule has 0 spiro atoms. The maximum absolute atomic E-state index is 12.5. The summed E-state index contributed by atoms with van der Waals surface area (Å²) in [6.45, 7) is 6.36. The number of carbonyl (C=O) groups excluding carboxylic acids is 1. The number of allylic oxidation sites excluding steroid dienone is 3. The van der Waals surface area contributed by atoms with Gasteiger partial charge in [-0.15, -0.1) is 0 Å². The molecule has 0 aliphatic heterocycles. The first-order valence-corrected chi connectivity index (χ1v) is 8.38. The fraction of sp³-hybridized carbons (Fsp3) is 0.450. The minimum absolute atomic E-state index is 0.00465. The summed E-state index contributed by atoms with van der Waals surface area (Å²) in [5, 5.41) is 0.912. The summed E-state index contributed by atoms with van der Waals surface area (Å²) in [5.74, 6) is 0.809. The van der Waals surface area contributed by atoms with Gasteiger partial charge >= 0.3 is 0 Å².